The molecule has 0 rings (SSSR count). The zero-order chi connectivity index (χ0) is 13.0. The van der Waals surface area contributed by atoms with Crippen LogP contribution in [0.5, 0.6) is 0 Å². The van der Waals surface area contributed by atoms with Crippen molar-refractivity contribution in [3.05, 3.63) is 0 Å². The lowest BCUT2D eigenvalue weighted by molar-refractivity contribution is 0.396. The van der Waals surface area contributed by atoms with Crippen LogP contribution < -0.4 is 4.72 Å². The summed E-state index contributed by atoms with van der Waals surface area (Å²) in [6.07, 6.45) is 0.650. The lowest BCUT2D eigenvalue weighted by atomic mass is 9.94. The fourth-order valence-electron chi connectivity index (χ4n) is 0.955. The molecule has 0 aliphatic rings. The molecule has 5 heteroatoms. The van der Waals surface area contributed by atoms with E-state index in [9.17, 15) is 8.42 Å². The van der Waals surface area contributed by atoms with Crippen LogP contribution in [0.15, 0.2) is 0 Å². The molecule has 16 heavy (non-hydrogen) atoms. The van der Waals surface area contributed by atoms with Crippen LogP contribution in [0.2, 0.25) is 0 Å². The molecule has 98 valence electrons. The van der Waals surface area contributed by atoms with Gasteiger partial charge >= 0.3 is 0 Å². The summed E-state index contributed by atoms with van der Waals surface area (Å²) in [7, 11) is -3.18. The minimum absolute atomic E-state index is 0.0349. The van der Waals surface area contributed by atoms with Crippen molar-refractivity contribution in [1.82, 2.24) is 4.72 Å². The van der Waals surface area contributed by atoms with Gasteiger partial charge < -0.3 is 0 Å². The van der Waals surface area contributed by atoms with Crippen LogP contribution in [-0.2, 0) is 10.0 Å². The highest BCUT2D eigenvalue weighted by atomic mass is 35.5. The van der Waals surface area contributed by atoms with Gasteiger partial charge in [-0.2, -0.15) is 0 Å². The molecular formula is C11H24ClNO2S. The summed E-state index contributed by atoms with van der Waals surface area (Å²) in [4.78, 5) is 0. The zero-order valence-electron chi connectivity index (χ0n) is 10.9. The average Bonchev–Trinajstić information content (AvgIpc) is 2.10. The molecule has 0 radical (unpaired) electrons. The molecule has 0 fully saturated rings. The summed E-state index contributed by atoms with van der Waals surface area (Å²) < 4.78 is 25.8. The van der Waals surface area contributed by atoms with Crippen LogP contribution in [0, 0.1) is 11.3 Å². The van der Waals surface area contributed by atoms with E-state index in [0.717, 1.165) is 0 Å². The van der Waals surface area contributed by atoms with Gasteiger partial charge in [0.1, 0.15) is 0 Å². The lowest BCUT2D eigenvalue weighted by Gasteiger charge is -2.19. The summed E-state index contributed by atoms with van der Waals surface area (Å²) in [5.41, 5.74) is 0.0349. The van der Waals surface area contributed by atoms with Gasteiger partial charge in [-0.25, -0.2) is 13.1 Å². The Hall–Kier alpha value is 0.200. The normalized spacial score (nSPS) is 15.4. The van der Waals surface area contributed by atoms with Crippen LogP contribution in [0.4, 0.5) is 0 Å². The van der Waals surface area contributed by atoms with Gasteiger partial charge in [0.05, 0.1) is 5.75 Å². The smallest absolute Gasteiger partial charge is 0.211 e. The number of halogens is 1. The molecule has 0 saturated heterocycles. The summed E-state index contributed by atoms with van der Waals surface area (Å²) in [6, 6.07) is 0. The molecular weight excluding hydrogens is 246 g/mol. The standard InChI is InChI=1S/C11H24ClNO2S/c1-9(2)10(12)8-13-16(14,15)7-6-11(3,4)5/h9-10,13H,6-8H2,1-5H3. The minimum Gasteiger partial charge on any atom is -0.214 e. The third-order valence-corrected chi connectivity index (χ3v) is 4.35. The van der Waals surface area contributed by atoms with E-state index < -0.39 is 10.0 Å². The van der Waals surface area contributed by atoms with E-state index >= 15 is 0 Å². The van der Waals surface area contributed by atoms with E-state index in [0.29, 0.717) is 13.0 Å². The third-order valence-electron chi connectivity index (χ3n) is 2.34. The first-order valence-corrected chi connectivity index (χ1v) is 7.74. The number of rotatable bonds is 6. The Labute approximate surface area is 105 Å². The molecule has 0 saturated carbocycles. The van der Waals surface area contributed by atoms with Crippen LogP contribution in [0.3, 0.4) is 0 Å². The van der Waals surface area contributed by atoms with Crippen LogP contribution in [0.25, 0.3) is 0 Å². The van der Waals surface area contributed by atoms with E-state index in [2.05, 4.69) is 4.72 Å². The first kappa shape index (κ1) is 16.2. The number of hydrogen-bond acceptors (Lipinski definition) is 2. The quantitative estimate of drug-likeness (QED) is 0.754. The van der Waals surface area contributed by atoms with Gasteiger partial charge in [-0.3, -0.25) is 0 Å². The summed E-state index contributed by atoms with van der Waals surface area (Å²) in [6.45, 7) is 10.3. The van der Waals surface area contributed by atoms with Gasteiger partial charge in [0.25, 0.3) is 0 Å². The molecule has 0 aromatic carbocycles. The van der Waals surface area contributed by atoms with E-state index in [1.807, 2.05) is 34.6 Å². The molecule has 0 heterocycles. The Kier molecular flexibility index (Phi) is 6.30. The van der Waals surface area contributed by atoms with Crippen molar-refractivity contribution in [2.45, 2.75) is 46.4 Å². The van der Waals surface area contributed by atoms with E-state index in [4.69, 9.17) is 11.6 Å². The summed E-state index contributed by atoms with van der Waals surface area (Å²) in [5.74, 6) is 0.435. The molecule has 0 spiro atoms. The molecule has 0 aliphatic carbocycles. The molecule has 0 aliphatic heterocycles. The highest BCUT2D eigenvalue weighted by Gasteiger charge is 2.19. The zero-order valence-corrected chi connectivity index (χ0v) is 12.5. The Morgan fingerprint density at radius 3 is 2.12 bits per heavy atom. The molecule has 0 bridgehead atoms. The van der Waals surface area contributed by atoms with Gasteiger partial charge in [-0.05, 0) is 17.8 Å². The van der Waals surface area contributed by atoms with Crippen LogP contribution >= 0.6 is 11.6 Å². The maximum atomic E-state index is 11.6. The number of nitrogens with one attached hydrogen (secondary N) is 1. The molecule has 1 unspecified atom stereocenters. The van der Waals surface area contributed by atoms with Gasteiger partial charge in [0.15, 0.2) is 0 Å². The fourth-order valence-corrected chi connectivity index (χ4v) is 2.58. The van der Waals surface area contributed by atoms with Gasteiger partial charge in [0, 0.05) is 11.9 Å². The first-order chi connectivity index (χ1) is 7.03. The lowest BCUT2D eigenvalue weighted by Crippen LogP contribution is -2.34. The first-order valence-electron chi connectivity index (χ1n) is 5.65. The second-order valence-corrected chi connectivity index (χ2v) is 8.23. The van der Waals surface area contributed by atoms with Crippen molar-refractivity contribution in [1.29, 1.82) is 0 Å². The summed E-state index contributed by atoms with van der Waals surface area (Å²) in [5, 5.41) is -0.149. The fraction of sp³-hybridized carbons (Fsp3) is 1.00. The predicted octanol–water partition coefficient (Wildman–Crippen LogP) is 2.61. The van der Waals surface area contributed by atoms with Crippen molar-refractivity contribution in [2.75, 3.05) is 12.3 Å². The Balaban J connectivity index is 4.07. The van der Waals surface area contributed by atoms with E-state index in [-0.39, 0.29) is 22.5 Å². The molecule has 1 atom stereocenters. The molecule has 3 nitrogen and oxygen atoms in total. The van der Waals surface area contributed by atoms with E-state index in [1.165, 1.54) is 0 Å². The number of alkyl halides is 1. The summed E-state index contributed by atoms with van der Waals surface area (Å²) >= 11 is 5.98. The van der Waals surface area contributed by atoms with Crippen LogP contribution in [-0.4, -0.2) is 26.1 Å². The Morgan fingerprint density at radius 2 is 1.75 bits per heavy atom. The molecule has 0 aromatic heterocycles. The average molecular weight is 270 g/mol. The molecule has 1 N–H and O–H groups in total. The second kappa shape index (κ2) is 6.22. The Morgan fingerprint density at radius 1 is 1.25 bits per heavy atom. The maximum absolute atomic E-state index is 11.6. The SMILES string of the molecule is CC(C)C(Cl)CNS(=O)(=O)CCC(C)(C)C. The Bertz CT molecular complexity index is 294. The van der Waals surface area contributed by atoms with Crippen molar-refractivity contribution < 1.29 is 8.42 Å². The minimum atomic E-state index is -3.18. The maximum Gasteiger partial charge on any atom is 0.211 e. The van der Waals surface area contributed by atoms with E-state index in [1.54, 1.807) is 0 Å². The van der Waals surface area contributed by atoms with Crippen molar-refractivity contribution in [2.24, 2.45) is 11.3 Å². The highest BCUT2D eigenvalue weighted by Crippen LogP contribution is 2.19. The third kappa shape index (κ3) is 8.36. The number of sulfonamides is 1. The molecule has 0 aromatic rings. The second-order valence-electron chi connectivity index (χ2n) is 5.74. The van der Waals surface area contributed by atoms with Crippen molar-refractivity contribution in [3.63, 3.8) is 0 Å². The largest absolute Gasteiger partial charge is 0.214 e. The van der Waals surface area contributed by atoms with Gasteiger partial charge in [-0.15, -0.1) is 11.6 Å². The number of hydrogen-bond donors (Lipinski definition) is 1. The monoisotopic (exact) mass is 269 g/mol. The predicted molar refractivity (Wildman–Crippen MR) is 70.3 cm³/mol. The van der Waals surface area contributed by atoms with Gasteiger partial charge in [-0.1, -0.05) is 34.6 Å². The molecule has 0 amide bonds. The van der Waals surface area contributed by atoms with Crippen molar-refractivity contribution in [3.8, 4) is 0 Å². The topological polar surface area (TPSA) is 46.2 Å². The van der Waals surface area contributed by atoms with Gasteiger partial charge in [0.2, 0.25) is 10.0 Å². The van der Waals surface area contributed by atoms with Crippen molar-refractivity contribution >= 4 is 21.6 Å². The highest BCUT2D eigenvalue weighted by molar-refractivity contribution is 7.89. The van der Waals surface area contributed by atoms with Crippen LogP contribution in [0.1, 0.15) is 41.0 Å².